The van der Waals surface area contributed by atoms with Crippen LogP contribution in [0.1, 0.15) is 323 Å². The summed E-state index contributed by atoms with van der Waals surface area (Å²) in [5.74, 6) is -0.875. The fourth-order valence-electron chi connectivity index (χ4n) is 8.82. The molecule has 6 heteroatoms. The maximum atomic E-state index is 12.8. The van der Waals surface area contributed by atoms with Gasteiger partial charge in [-0.05, 0) is 77.0 Å². The van der Waals surface area contributed by atoms with E-state index in [2.05, 4.69) is 57.2 Å². The summed E-state index contributed by atoms with van der Waals surface area (Å²) in [5.41, 5.74) is 0. The lowest BCUT2D eigenvalue weighted by Gasteiger charge is -2.18. The summed E-state index contributed by atoms with van der Waals surface area (Å²) in [4.78, 5) is 38.0. The lowest BCUT2D eigenvalue weighted by molar-refractivity contribution is -0.167. The van der Waals surface area contributed by atoms with Crippen molar-refractivity contribution in [3.8, 4) is 0 Å². The fourth-order valence-corrected chi connectivity index (χ4v) is 8.82. The molecule has 1 atom stereocenters. The Morgan fingerprint density at radius 1 is 0.294 bits per heavy atom. The van der Waals surface area contributed by atoms with Gasteiger partial charge in [-0.3, -0.25) is 14.4 Å². The van der Waals surface area contributed by atoms with Gasteiger partial charge in [-0.1, -0.05) is 263 Å². The average Bonchev–Trinajstić information content (AvgIpc) is 3.34. The second-order valence-corrected chi connectivity index (χ2v) is 20.3. The first-order valence-corrected chi connectivity index (χ1v) is 30.0. The third-order valence-electron chi connectivity index (χ3n) is 13.4. The van der Waals surface area contributed by atoms with Gasteiger partial charge in [0.1, 0.15) is 13.2 Å². The number of unbranched alkanes of at least 4 members (excludes halogenated alkanes) is 38. The van der Waals surface area contributed by atoms with E-state index in [1.807, 2.05) is 0 Å². The molecule has 0 N–H and O–H groups in total. The van der Waals surface area contributed by atoms with Crippen LogP contribution in [0.25, 0.3) is 0 Å². The normalized spacial score (nSPS) is 12.2. The second-order valence-electron chi connectivity index (χ2n) is 20.3. The molecule has 398 valence electrons. The first-order valence-electron chi connectivity index (χ1n) is 30.0. The topological polar surface area (TPSA) is 78.9 Å². The van der Waals surface area contributed by atoms with Crippen molar-refractivity contribution in [3.63, 3.8) is 0 Å². The lowest BCUT2D eigenvalue weighted by atomic mass is 10.0. The summed E-state index contributed by atoms with van der Waals surface area (Å²) in [6, 6.07) is 0. The number of carbonyl (C=O) groups is 3. The molecule has 68 heavy (non-hydrogen) atoms. The number of rotatable bonds is 55. The van der Waals surface area contributed by atoms with Crippen LogP contribution in [-0.2, 0) is 28.6 Å². The van der Waals surface area contributed by atoms with Crippen molar-refractivity contribution < 1.29 is 28.6 Å². The highest BCUT2D eigenvalue weighted by Gasteiger charge is 2.19. The summed E-state index contributed by atoms with van der Waals surface area (Å²) in [7, 11) is 0. The Morgan fingerprint density at radius 3 is 0.838 bits per heavy atom. The van der Waals surface area contributed by atoms with E-state index in [9.17, 15) is 14.4 Å². The minimum atomic E-state index is -0.775. The molecule has 0 rings (SSSR count). The number of ether oxygens (including phenoxy) is 3. The molecular weight excluding hydrogens is 841 g/mol. The Hall–Kier alpha value is -2.37. The highest BCUT2D eigenvalue weighted by molar-refractivity contribution is 5.71. The molecule has 0 spiro atoms. The van der Waals surface area contributed by atoms with Crippen LogP contribution in [0.3, 0.4) is 0 Å². The molecule has 0 aliphatic heterocycles. The lowest BCUT2D eigenvalue weighted by Crippen LogP contribution is -2.30. The van der Waals surface area contributed by atoms with Crippen LogP contribution in [0.15, 0.2) is 36.5 Å². The summed E-state index contributed by atoms with van der Waals surface area (Å²) < 4.78 is 16.8. The monoisotopic (exact) mass is 955 g/mol. The van der Waals surface area contributed by atoms with E-state index in [0.717, 1.165) is 83.5 Å². The SMILES string of the molecule is CCCCCC/C=C\C/C=C\CCCCCCCC(=O)OC(COC(=O)CCCCCCCCCCC)COC(=O)CCCCCCCCCCCCCCC/C=C\CCCCCCCCCC. The smallest absolute Gasteiger partial charge is 0.306 e. The molecule has 0 saturated heterocycles. The maximum Gasteiger partial charge on any atom is 0.306 e. The Kier molecular flexibility index (Phi) is 55.2. The van der Waals surface area contributed by atoms with E-state index in [1.165, 1.54) is 199 Å². The quantitative estimate of drug-likeness (QED) is 0.0262. The molecule has 0 bridgehead atoms. The first-order chi connectivity index (χ1) is 33.5. The number of hydrogen-bond acceptors (Lipinski definition) is 6. The van der Waals surface area contributed by atoms with Gasteiger partial charge in [-0.25, -0.2) is 0 Å². The van der Waals surface area contributed by atoms with Crippen LogP contribution in [0.2, 0.25) is 0 Å². The zero-order valence-electron chi connectivity index (χ0n) is 45.6. The molecule has 0 heterocycles. The number of carbonyl (C=O) groups excluding carboxylic acids is 3. The van der Waals surface area contributed by atoms with Crippen LogP contribution >= 0.6 is 0 Å². The van der Waals surface area contributed by atoms with E-state index in [4.69, 9.17) is 14.2 Å². The van der Waals surface area contributed by atoms with Crippen molar-refractivity contribution >= 4 is 17.9 Å². The third kappa shape index (κ3) is 54.6. The largest absolute Gasteiger partial charge is 0.462 e. The van der Waals surface area contributed by atoms with Gasteiger partial charge >= 0.3 is 17.9 Å². The van der Waals surface area contributed by atoms with E-state index in [1.54, 1.807) is 0 Å². The zero-order valence-corrected chi connectivity index (χ0v) is 45.6. The highest BCUT2D eigenvalue weighted by Crippen LogP contribution is 2.16. The van der Waals surface area contributed by atoms with Crippen molar-refractivity contribution in [2.24, 2.45) is 0 Å². The molecule has 0 aromatic carbocycles. The minimum absolute atomic E-state index is 0.0745. The van der Waals surface area contributed by atoms with E-state index < -0.39 is 6.10 Å². The molecule has 1 unspecified atom stereocenters. The molecular formula is C62H114O6. The van der Waals surface area contributed by atoms with Crippen molar-refractivity contribution in [2.45, 2.75) is 329 Å². The Bertz CT molecular complexity index is 1140. The number of allylic oxidation sites excluding steroid dienone is 6. The van der Waals surface area contributed by atoms with E-state index in [0.29, 0.717) is 19.3 Å². The van der Waals surface area contributed by atoms with Gasteiger partial charge in [0.2, 0.25) is 0 Å². The molecule has 6 nitrogen and oxygen atoms in total. The van der Waals surface area contributed by atoms with Crippen molar-refractivity contribution in [1.29, 1.82) is 0 Å². The van der Waals surface area contributed by atoms with Crippen LogP contribution in [0.5, 0.6) is 0 Å². The molecule has 0 amide bonds. The number of esters is 3. The number of hydrogen-bond donors (Lipinski definition) is 0. The molecule has 0 aliphatic rings. The zero-order chi connectivity index (χ0) is 49.3. The van der Waals surface area contributed by atoms with Gasteiger partial charge in [-0.15, -0.1) is 0 Å². The van der Waals surface area contributed by atoms with Crippen LogP contribution in [-0.4, -0.2) is 37.2 Å². The summed E-state index contributed by atoms with van der Waals surface area (Å²) in [6.45, 7) is 6.63. The fraction of sp³-hybridized carbons (Fsp3) is 0.855. The van der Waals surface area contributed by atoms with Crippen molar-refractivity contribution in [1.82, 2.24) is 0 Å². The summed E-state index contributed by atoms with van der Waals surface area (Å²) in [6.07, 6.45) is 68.7. The van der Waals surface area contributed by atoms with Gasteiger partial charge in [0, 0.05) is 19.3 Å². The predicted molar refractivity (Wildman–Crippen MR) is 293 cm³/mol. The Morgan fingerprint density at radius 2 is 0.529 bits per heavy atom. The van der Waals surface area contributed by atoms with Crippen LogP contribution in [0, 0.1) is 0 Å². The molecule has 0 aromatic heterocycles. The summed E-state index contributed by atoms with van der Waals surface area (Å²) in [5, 5.41) is 0. The molecule has 0 aliphatic carbocycles. The van der Waals surface area contributed by atoms with Crippen LogP contribution in [0.4, 0.5) is 0 Å². The first kappa shape index (κ1) is 65.6. The molecule has 0 saturated carbocycles. The summed E-state index contributed by atoms with van der Waals surface area (Å²) >= 11 is 0. The Balaban J connectivity index is 4.18. The van der Waals surface area contributed by atoms with Gasteiger partial charge in [0.15, 0.2) is 6.10 Å². The van der Waals surface area contributed by atoms with Gasteiger partial charge in [-0.2, -0.15) is 0 Å². The van der Waals surface area contributed by atoms with Crippen LogP contribution < -0.4 is 0 Å². The maximum absolute atomic E-state index is 12.8. The van der Waals surface area contributed by atoms with Gasteiger partial charge in [0.05, 0.1) is 0 Å². The van der Waals surface area contributed by atoms with E-state index in [-0.39, 0.29) is 31.1 Å². The standard InChI is InChI=1S/C62H114O6/c1-4-7-10-13-16-19-21-23-25-27-28-29-30-31-32-33-34-35-37-38-40-43-46-49-52-55-61(64)67-58-59(57-66-60(63)54-51-48-45-42-18-15-12-9-6-3)68-62(65)56-53-50-47-44-41-39-36-26-24-22-20-17-14-11-8-5-2/h20,22,26-28,36,59H,4-19,21,23-25,29-35,37-58H2,1-3H3/b22-20-,28-27-,36-26-. The highest BCUT2D eigenvalue weighted by atomic mass is 16.6. The van der Waals surface area contributed by atoms with Gasteiger partial charge < -0.3 is 14.2 Å². The predicted octanol–water partition coefficient (Wildman–Crippen LogP) is 20.0. The average molecular weight is 956 g/mol. The Labute approximate surface area is 423 Å². The third-order valence-corrected chi connectivity index (χ3v) is 13.4. The molecule has 0 aromatic rings. The second kappa shape index (κ2) is 57.2. The minimum Gasteiger partial charge on any atom is -0.462 e. The molecule has 0 fully saturated rings. The van der Waals surface area contributed by atoms with E-state index >= 15 is 0 Å². The van der Waals surface area contributed by atoms with Gasteiger partial charge in [0.25, 0.3) is 0 Å². The van der Waals surface area contributed by atoms with Crippen molar-refractivity contribution in [3.05, 3.63) is 36.5 Å². The molecule has 0 radical (unpaired) electrons. The van der Waals surface area contributed by atoms with Crippen molar-refractivity contribution in [2.75, 3.05) is 13.2 Å².